The molecule has 0 spiro atoms. The monoisotopic (exact) mass is 157 g/mol. The highest BCUT2D eigenvalue weighted by atomic mass is 16.7. The summed E-state index contributed by atoms with van der Waals surface area (Å²) in [6.45, 7) is 3.70. The maximum absolute atomic E-state index is 5.52. The van der Waals surface area contributed by atoms with Gasteiger partial charge >= 0.3 is 0 Å². The normalized spacial score (nSPS) is 39.3. The van der Waals surface area contributed by atoms with Crippen LogP contribution in [0.5, 0.6) is 0 Å². The Labute approximate surface area is 67.1 Å². The lowest BCUT2D eigenvalue weighted by Gasteiger charge is -2.29. The number of hydrogen-bond acceptors (Lipinski definition) is 3. The average molecular weight is 157 g/mol. The molecule has 1 N–H and O–H groups in total. The van der Waals surface area contributed by atoms with Crippen LogP contribution in [0.1, 0.15) is 12.8 Å². The molecule has 2 aliphatic heterocycles. The highest BCUT2D eigenvalue weighted by Crippen LogP contribution is 2.21. The molecule has 2 atom stereocenters. The first-order valence-electron chi connectivity index (χ1n) is 4.41. The highest BCUT2D eigenvalue weighted by molar-refractivity contribution is 4.72. The Kier molecular flexibility index (Phi) is 2.41. The number of ether oxygens (including phenoxy) is 2. The number of nitrogens with one attached hydrogen (secondary N) is 1. The average Bonchev–Trinajstić information content (AvgIpc) is 2.28. The molecule has 0 unspecified atom stereocenters. The minimum Gasteiger partial charge on any atom is -0.352 e. The number of hydrogen-bond donors (Lipinski definition) is 1. The second kappa shape index (κ2) is 3.52. The molecule has 11 heavy (non-hydrogen) atoms. The third-order valence-corrected chi connectivity index (χ3v) is 2.35. The Bertz CT molecular complexity index is 115. The van der Waals surface area contributed by atoms with Crippen molar-refractivity contribution in [3.05, 3.63) is 0 Å². The first-order chi connectivity index (χ1) is 5.47. The van der Waals surface area contributed by atoms with Gasteiger partial charge in [0.1, 0.15) is 0 Å². The van der Waals surface area contributed by atoms with E-state index in [-0.39, 0.29) is 6.29 Å². The lowest BCUT2D eigenvalue weighted by molar-refractivity contribution is -0.182. The van der Waals surface area contributed by atoms with E-state index in [2.05, 4.69) is 5.32 Å². The quantitative estimate of drug-likeness (QED) is 0.550. The van der Waals surface area contributed by atoms with Crippen LogP contribution in [0, 0.1) is 5.92 Å². The Morgan fingerprint density at radius 3 is 3.09 bits per heavy atom. The molecule has 2 rings (SSSR count). The summed E-state index contributed by atoms with van der Waals surface area (Å²) in [5.74, 6) is 0.589. The van der Waals surface area contributed by atoms with Crippen molar-refractivity contribution in [3.8, 4) is 0 Å². The minimum absolute atomic E-state index is 0.0822. The van der Waals surface area contributed by atoms with Crippen molar-refractivity contribution >= 4 is 0 Å². The molecule has 0 aliphatic carbocycles. The van der Waals surface area contributed by atoms with Crippen LogP contribution in [0.25, 0.3) is 0 Å². The van der Waals surface area contributed by atoms with Crippen molar-refractivity contribution < 1.29 is 9.47 Å². The van der Waals surface area contributed by atoms with Crippen LogP contribution in [0.2, 0.25) is 0 Å². The topological polar surface area (TPSA) is 30.5 Å². The van der Waals surface area contributed by atoms with Crippen LogP contribution in [0.4, 0.5) is 0 Å². The van der Waals surface area contributed by atoms with Gasteiger partial charge in [-0.15, -0.1) is 0 Å². The van der Waals surface area contributed by atoms with Gasteiger partial charge in [0.05, 0.1) is 6.61 Å². The van der Waals surface area contributed by atoms with E-state index >= 15 is 0 Å². The van der Waals surface area contributed by atoms with Crippen molar-refractivity contribution in [2.24, 2.45) is 5.92 Å². The highest BCUT2D eigenvalue weighted by Gasteiger charge is 2.27. The van der Waals surface area contributed by atoms with Crippen LogP contribution in [-0.2, 0) is 9.47 Å². The lowest BCUT2D eigenvalue weighted by atomic mass is 10.0. The van der Waals surface area contributed by atoms with E-state index in [0.29, 0.717) is 5.92 Å². The fourth-order valence-electron chi connectivity index (χ4n) is 1.73. The van der Waals surface area contributed by atoms with Gasteiger partial charge in [0.25, 0.3) is 0 Å². The smallest absolute Gasteiger partial charge is 0.161 e. The Balaban J connectivity index is 1.93. The Hall–Kier alpha value is -0.120. The lowest BCUT2D eigenvalue weighted by Crippen LogP contribution is -2.34. The molecule has 2 saturated heterocycles. The SMILES string of the molecule is C1CO[C@H]2OCCNC[C@H]2C1. The minimum atomic E-state index is 0.0822. The molecular weight excluding hydrogens is 142 g/mol. The molecule has 3 heteroatoms. The first-order valence-corrected chi connectivity index (χ1v) is 4.41. The maximum atomic E-state index is 5.52. The summed E-state index contributed by atoms with van der Waals surface area (Å²) in [4.78, 5) is 0. The van der Waals surface area contributed by atoms with Crippen LogP contribution in [0.15, 0.2) is 0 Å². The number of rotatable bonds is 0. The molecule has 0 aromatic carbocycles. The largest absolute Gasteiger partial charge is 0.352 e. The van der Waals surface area contributed by atoms with E-state index in [0.717, 1.165) is 26.3 Å². The summed E-state index contributed by atoms with van der Waals surface area (Å²) >= 11 is 0. The molecule has 2 fully saturated rings. The van der Waals surface area contributed by atoms with E-state index in [9.17, 15) is 0 Å². The maximum Gasteiger partial charge on any atom is 0.161 e. The molecule has 2 aliphatic rings. The van der Waals surface area contributed by atoms with E-state index in [1.165, 1.54) is 12.8 Å². The third kappa shape index (κ3) is 1.72. The van der Waals surface area contributed by atoms with Gasteiger partial charge in [-0.2, -0.15) is 0 Å². The molecule has 2 heterocycles. The van der Waals surface area contributed by atoms with Crippen LogP contribution >= 0.6 is 0 Å². The van der Waals surface area contributed by atoms with Crippen molar-refractivity contribution in [1.82, 2.24) is 5.32 Å². The van der Waals surface area contributed by atoms with Gasteiger partial charge in [0.15, 0.2) is 6.29 Å². The van der Waals surface area contributed by atoms with Crippen molar-refractivity contribution in [2.75, 3.05) is 26.3 Å². The predicted octanol–water partition coefficient (Wildman–Crippen LogP) is 0.359. The van der Waals surface area contributed by atoms with Gasteiger partial charge in [-0.25, -0.2) is 0 Å². The molecule has 0 aromatic rings. The van der Waals surface area contributed by atoms with Crippen molar-refractivity contribution in [3.63, 3.8) is 0 Å². The molecule has 0 aromatic heterocycles. The van der Waals surface area contributed by atoms with Gasteiger partial charge in [-0.05, 0) is 12.8 Å². The summed E-state index contributed by atoms with van der Waals surface area (Å²) < 4.78 is 11.0. The zero-order valence-electron chi connectivity index (χ0n) is 6.71. The molecule has 3 nitrogen and oxygen atoms in total. The second-order valence-corrected chi connectivity index (χ2v) is 3.22. The zero-order valence-corrected chi connectivity index (χ0v) is 6.71. The van der Waals surface area contributed by atoms with E-state index in [1.807, 2.05) is 0 Å². The zero-order chi connectivity index (χ0) is 7.52. The Morgan fingerprint density at radius 1 is 1.18 bits per heavy atom. The molecular formula is C8H15NO2. The fraction of sp³-hybridized carbons (Fsp3) is 1.00. The van der Waals surface area contributed by atoms with Crippen molar-refractivity contribution in [1.29, 1.82) is 0 Å². The van der Waals surface area contributed by atoms with Gasteiger partial charge in [0, 0.05) is 25.6 Å². The van der Waals surface area contributed by atoms with Crippen molar-refractivity contribution in [2.45, 2.75) is 19.1 Å². The summed E-state index contributed by atoms with van der Waals surface area (Å²) in [7, 11) is 0. The molecule has 64 valence electrons. The predicted molar refractivity (Wildman–Crippen MR) is 41.3 cm³/mol. The molecule has 0 bridgehead atoms. The van der Waals surface area contributed by atoms with Gasteiger partial charge < -0.3 is 14.8 Å². The number of fused-ring (bicyclic) bond motifs is 1. The summed E-state index contributed by atoms with van der Waals surface area (Å²) in [5, 5.41) is 3.34. The van der Waals surface area contributed by atoms with E-state index in [4.69, 9.17) is 9.47 Å². The molecule has 0 saturated carbocycles. The molecule has 0 amide bonds. The third-order valence-electron chi connectivity index (χ3n) is 2.35. The van der Waals surface area contributed by atoms with Gasteiger partial charge in [-0.3, -0.25) is 0 Å². The van der Waals surface area contributed by atoms with E-state index in [1.54, 1.807) is 0 Å². The standard InChI is InChI=1S/C8H15NO2/c1-2-7-6-9-3-5-11-8(7)10-4-1/h7-9H,1-6H2/t7-,8+/m1/s1. The summed E-state index contributed by atoms with van der Waals surface area (Å²) in [5.41, 5.74) is 0. The van der Waals surface area contributed by atoms with E-state index < -0.39 is 0 Å². The van der Waals surface area contributed by atoms with Gasteiger partial charge in [0.2, 0.25) is 0 Å². The first kappa shape index (κ1) is 7.53. The van der Waals surface area contributed by atoms with Gasteiger partial charge in [-0.1, -0.05) is 0 Å². The molecule has 0 radical (unpaired) electrons. The van der Waals surface area contributed by atoms with Crippen LogP contribution in [-0.4, -0.2) is 32.6 Å². The summed E-state index contributed by atoms with van der Waals surface area (Å²) in [6, 6.07) is 0. The van der Waals surface area contributed by atoms with Crippen LogP contribution < -0.4 is 5.32 Å². The fourth-order valence-corrected chi connectivity index (χ4v) is 1.73. The second-order valence-electron chi connectivity index (χ2n) is 3.22. The summed E-state index contributed by atoms with van der Waals surface area (Å²) in [6.07, 6.45) is 2.52. The van der Waals surface area contributed by atoms with Crippen LogP contribution in [0.3, 0.4) is 0 Å². The Morgan fingerprint density at radius 2 is 2.09 bits per heavy atom.